The van der Waals surface area contributed by atoms with Crippen LogP contribution in [0.15, 0.2) is 18.2 Å². The topological polar surface area (TPSA) is 53.0 Å². The number of nitrogen functional groups attached to an aromatic ring is 1. The largest absolute Gasteiger partial charge is 0.399 e. The van der Waals surface area contributed by atoms with Crippen molar-refractivity contribution in [3.05, 3.63) is 29.3 Å². The van der Waals surface area contributed by atoms with Gasteiger partial charge in [0, 0.05) is 25.2 Å². The molecule has 84 valence electrons. The number of nitriles is 1. The highest BCUT2D eigenvalue weighted by Crippen LogP contribution is 2.21. The van der Waals surface area contributed by atoms with Crippen LogP contribution in [0.2, 0.25) is 0 Å². The predicted molar refractivity (Wildman–Crippen MR) is 64.7 cm³/mol. The van der Waals surface area contributed by atoms with Gasteiger partial charge in [0.25, 0.3) is 0 Å². The number of hydrogen-bond donors (Lipinski definition) is 1. The monoisotopic (exact) mass is 215 g/mol. The average molecular weight is 215 g/mol. The summed E-state index contributed by atoms with van der Waals surface area (Å²) in [5.74, 6) is 0. The number of nitrogens with zero attached hydrogens (tertiary/aromatic N) is 2. The molecule has 1 heterocycles. The van der Waals surface area contributed by atoms with Crippen molar-refractivity contribution < 1.29 is 0 Å². The van der Waals surface area contributed by atoms with Crippen LogP contribution in [-0.2, 0) is 13.0 Å². The zero-order valence-corrected chi connectivity index (χ0v) is 9.45. The quantitative estimate of drug-likeness (QED) is 0.619. The number of benzene rings is 1. The SMILES string of the molecule is N#CCCCN1CCc2ccc(N)cc2C1. The lowest BCUT2D eigenvalue weighted by atomic mass is 9.99. The van der Waals surface area contributed by atoms with Crippen LogP contribution in [0.3, 0.4) is 0 Å². The van der Waals surface area contributed by atoms with E-state index >= 15 is 0 Å². The summed E-state index contributed by atoms with van der Waals surface area (Å²) >= 11 is 0. The van der Waals surface area contributed by atoms with Crippen molar-refractivity contribution in [2.75, 3.05) is 18.8 Å². The Balaban J connectivity index is 1.97. The molecule has 0 unspecified atom stereocenters. The molecule has 0 aromatic heterocycles. The van der Waals surface area contributed by atoms with Crippen molar-refractivity contribution in [3.63, 3.8) is 0 Å². The van der Waals surface area contributed by atoms with Crippen molar-refractivity contribution >= 4 is 5.69 Å². The molecule has 1 aromatic rings. The van der Waals surface area contributed by atoms with E-state index in [9.17, 15) is 0 Å². The molecule has 0 atom stereocenters. The molecule has 0 saturated heterocycles. The minimum absolute atomic E-state index is 0.653. The van der Waals surface area contributed by atoms with Crippen LogP contribution in [0.25, 0.3) is 0 Å². The van der Waals surface area contributed by atoms with Gasteiger partial charge in [-0.3, -0.25) is 4.90 Å². The second kappa shape index (κ2) is 5.00. The predicted octanol–water partition coefficient (Wildman–Crippen LogP) is 1.93. The molecular formula is C13H17N3. The van der Waals surface area contributed by atoms with E-state index in [-0.39, 0.29) is 0 Å². The van der Waals surface area contributed by atoms with Crippen molar-refractivity contribution in [1.82, 2.24) is 4.90 Å². The minimum atomic E-state index is 0.653. The Hall–Kier alpha value is -1.53. The third-order valence-corrected chi connectivity index (χ3v) is 3.08. The lowest BCUT2D eigenvalue weighted by molar-refractivity contribution is 0.252. The van der Waals surface area contributed by atoms with Crippen LogP contribution in [0.1, 0.15) is 24.0 Å². The fraction of sp³-hybridized carbons (Fsp3) is 0.462. The Bertz CT molecular complexity index is 406. The van der Waals surface area contributed by atoms with E-state index in [0.717, 1.165) is 38.2 Å². The maximum atomic E-state index is 8.50. The lowest BCUT2D eigenvalue weighted by Gasteiger charge is -2.28. The van der Waals surface area contributed by atoms with Crippen LogP contribution in [0.4, 0.5) is 5.69 Å². The van der Waals surface area contributed by atoms with E-state index in [0.29, 0.717) is 6.42 Å². The van der Waals surface area contributed by atoms with Crippen LogP contribution in [-0.4, -0.2) is 18.0 Å². The van der Waals surface area contributed by atoms with E-state index in [1.54, 1.807) is 0 Å². The number of hydrogen-bond acceptors (Lipinski definition) is 3. The summed E-state index contributed by atoms with van der Waals surface area (Å²) in [7, 11) is 0. The van der Waals surface area contributed by atoms with Crippen LogP contribution in [0.5, 0.6) is 0 Å². The molecule has 1 aromatic carbocycles. The first-order valence-corrected chi connectivity index (χ1v) is 5.76. The zero-order valence-electron chi connectivity index (χ0n) is 9.45. The third kappa shape index (κ3) is 2.53. The van der Waals surface area contributed by atoms with Crippen LogP contribution in [0, 0.1) is 11.3 Å². The van der Waals surface area contributed by atoms with Crippen molar-refractivity contribution in [3.8, 4) is 6.07 Å². The van der Waals surface area contributed by atoms with Gasteiger partial charge in [0.15, 0.2) is 0 Å². The first-order valence-electron chi connectivity index (χ1n) is 5.76. The minimum Gasteiger partial charge on any atom is -0.399 e. The smallest absolute Gasteiger partial charge is 0.0622 e. The first-order chi connectivity index (χ1) is 7.79. The molecule has 16 heavy (non-hydrogen) atoms. The van der Waals surface area contributed by atoms with Crippen LogP contribution >= 0.6 is 0 Å². The van der Waals surface area contributed by atoms with E-state index in [1.807, 2.05) is 6.07 Å². The molecule has 1 aliphatic rings. The van der Waals surface area contributed by atoms with E-state index in [4.69, 9.17) is 11.0 Å². The molecule has 2 rings (SSSR count). The Morgan fingerprint density at radius 1 is 1.38 bits per heavy atom. The number of rotatable bonds is 3. The normalized spacial score (nSPS) is 15.4. The molecule has 2 N–H and O–H groups in total. The fourth-order valence-corrected chi connectivity index (χ4v) is 2.21. The Morgan fingerprint density at radius 2 is 2.25 bits per heavy atom. The van der Waals surface area contributed by atoms with Gasteiger partial charge in [-0.25, -0.2) is 0 Å². The van der Waals surface area contributed by atoms with Gasteiger partial charge in [-0.2, -0.15) is 5.26 Å². The summed E-state index contributed by atoms with van der Waals surface area (Å²) in [6.45, 7) is 3.09. The van der Waals surface area contributed by atoms with Gasteiger partial charge < -0.3 is 5.73 Å². The molecule has 0 radical (unpaired) electrons. The summed E-state index contributed by atoms with van der Waals surface area (Å²) in [6.07, 6.45) is 2.72. The molecule has 0 fully saturated rings. The molecule has 1 aliphatic heterocycles. The van der Waals surface area contributed by atoms with E-state index < -0.39 is 0 Å². The lowest BCUT2D eigenvalue weighted by Crippen LogP contribution is -2.31. The highest BCUT2D eigenvalue weighted by atomic mass is 15.1. The maximum absolute atomic E-state index is 8.50. The molecular weight excluding hydrogens is 198 g/mol. The van der Waals surface area contributed by atoms with Gasteiger partial charge in [-0.1, -0.05) is 6.07 Å². The Morgan fingerprint density at radius 3 is 3.06 bits per heavy atom. The molecule has 0 amide bonds. The third-order valence-electron chi connectivity index (χ3n) is 3.08. The van der Waals surface area contributed by atoms with Gasteiger partial charge in [0.2, 0.25) is 0 Å². The summed E-state index contributed by atoms with van der Waals surface area (Å²) in [4.78, 5) is 2.40. The average Bonchev–Trinajstić information content (AvgIpc) is 2.29. The van der Waals surface area contributed by atoms with Gasteiger partial charge in [-0.05, 0) is 42.6 Å². The second-order valence-electron chi connectivity index (χ2n) is 4.32. The number of nitrogens with two attached hydrogens (primary N) is 1. The number of unbranched alkanes of at least 4 members (excludes halogenated alkanes) is 1. The van der Waals surface area contributed by atoms with Gasteiger partial charge in [0.05, 0.1) is 6.07 Å². The van der Waals surface area contributed by atoms with Crippen molar-refractivity contribution in [2.45, 2.75) is 25.8 Å². The first kappa shape index (κ1) is 11.0. The summed E-state index contributed by atoms with van der Waals surface area (Å²) in [5, 5.41) is 8.50. The molecule has 0 bridgehead atoms. The number of anilines is 1. The summed E-state index contributed by atoms with van der Waals surface area (Å²) in [5.41, 5.74) is 9.40. The molecule has 0 saturated carbocycles. The van der Waals surface area contributed by atoms with Crippen molar-refractivity contribution in [2.24, 2.45) is 0 Å². The molecule has 0 spiro atoms. The van der Waals surface area contributed by atoms with E-state index in [2.05, 4.69) is 23.1 Å². The molecule has 3 heteroatoms. The van der Waals surface area contributed by atoms with Gasteiger partial charge in [0.1, 0.15) is 0 Å². The van der Waals surface area contributed by atoms with Crippen LogP contribution < -0.4 is 5.73 Å². The van der Waals surface area contributed by atoms with E-state index in [1.165, 1.54) is 11.1 Å². The zero-order chi connectivity index (χ0) is 11.4. The Labute approximate surface area is 96.5 Å². The number of fused-ring (bicyclic) bond motifs is 1. The summed E-state index contributed by atoms with van der Waals surface area (Å²) < 4.78 is 0. The fourth-order valence-electron chi connectivity index (χ4n) is 2.21. The van der Waals surface area contributed by atoms with Gasteiger partial charge in [-0.15, -0.1) is 0 Å². The molecule has 0 aliphatic carbocycles. The standard InChI is InChI=1S/C13H17N3/c14-6-1-2-7-16-8-5-11-3-4-13(15)9-12(11)10-16/h3-4,9H,1-2,5,7-8,10,15H2. The summed E-state index contributed by atoms with van der Waals surface area (Å²) in [6, 6.07) is 8.38. The highest BCUT2D eigenvalue weighted by Gasteiger charge is 2.15. The maximum Gasteiger partial charge on any atom is 0.0622 e. The second-order valence-corrected chi connectivity index (χ2v) is 4.32. The molecule has 3 nitrogen and oxygen atoms in total. The highest BCUT2D eigenvalue weighted by molar-refractivity contribution is 5.45. The Kier molecular flexibility index (Phi) is 3.43. The van der Waals surface area contributed by atoms with Crippen molar-refractivity contribution in [1.29, 1.82) is 5.26 Å². The van der Waals surface area contributed by atoms with Gasteiger partial charge >= 0.3 is 0 Å².